The van der Waals surface area contributed by atoms with Gasteiger partial charge in [0, 0.05) is 6.54 Å². The highest BCUT2D eigenvalue weighted by molar-refractivity contribution is 6.32. The van der Waals surface area contributed by atoms with Crippen LogP contribution in [-0.4, -0.2) is 23.7 Å². The van der Waals surface area contributed by atoms with Gasteiger partial charge in [0.2, 0.25) is 0 Å². The minimum atomic E-state index is -0.615. The molecule has 1 unspecified atom stereocenters. The van der Waals surface area contributed by atoms with Gasteiger partial charge in [-0.15, -0.1) is 0 Å². The van der Waals surface area contributed by atoms with Gasteiger partial charge in [-0.2, -0.15) is 0 Å². The maximum absolute atomic E-state index is 11.8. The lowest BCUT2D eigenvalue weighted by atomic mass is 10.2. The normalized spacial score (nSPS) is 12.3. The van der Waals surface area contributed by atoms with Crippen LogP contribution in [0.2, 0.25) is 5.02 Å². The van der Waals surface area contributed by atoms with E-state index in [0.717, 1.165) is 0 Å². The number of carbonyl (C=O) groups excluding carboxylic acids is 1. The molecule has 0 aliphatic carbocycles. The highest BCUT2D eigenvalue weighted by atomic mass is 35.5. The Bertz CT molecular complexity index is 435. The average molecular weight is 286 g/mol. The van der Waals surface area contributed by atoms with Crippen LogP contribution in [-0.2, 0) is 11.4 Å². The number of hydrogen-bond acceptors (Lipinski definition) is 3. The molecule has 1 aromatic rings. The Morgan fingerprint density at radius 3 is 2.63 bits per heavy atom. The minimum Gasteiger partial charge on any atom is -0.479 e. The molecule has 0 saturated heterocycles. The van der Waals surface area contributed by atoms with Crippen LogP contribution in [0.25, 0.3) is 0 Å². The molecule has 0 bridgehead atoms. The van der Waals surface area contributed by atoms with Gasteiger partial charge in [0.25, 0.3) is 5.91 Å². The van der Waals surface area contributed by atoms with Crippen molar-refractivity contribution in [3.63, 3.8) is 0 Å². The molecule has 1 amide bonds. The van der Waals surface area contributed by atoms with E-state index in [2.05, 4.69) is 5.32 Å². The average Bonchev–Trinajstić information content (AvgIpc) is 2.37. The van der Waals surface area contributed by atoms with Gasteiger partial charge in [0.1, 0.15) is 5.75 Å². The lowest BCUT2D eigenvalue weighted by molar-refractivity contribution is -0.127. The molecule has 1 rings (SSSR count). The summed E-state index contributed by atoms with van der Waals surface area (Å²) in [5.41, 5.74) is 0.703. The van der Waals surface area contributed by atoms with E-state index in [1.165, 1.54) is 0 Å². The van der Waals surface area contributed by atoms with Gasteiger partial charge in [0.05, 0.1) is 11.6 Å². The van der Waals surface area contributed by atoms with Crippen LogP contribution in [0.15, 0.2) is 18.2 Å². The summed E-state index contributed by atoms with van der Waals surface area (Å²) in [6, 6.07) is 4.98. The number of carbonyl (C=O) groups is 1. The van der Waals surface area contributed by atoms with E-state index >= 15 is 0 Å². The van der Waals surface area contributed by atoms with Crippen LogP contribution in [0.3, 0.4) is 0 Å². The van der Waals surface area contributed by atoms with Gasteiger partial charge < -0.3 is 15.2 Å². The van der Waals surface area contributed by atoms with Crippen molar-refractivity contribution in [2.75, 3.05) is 6.54 Å². The number of rotatable bonds is 6. The quantitative estimate of drug-likeness (QED) is 0.844. The van der Waals surface area contributed by atoms with E-state index in [0.29, 0.717) is 28.8 Å². The van der Waals surface area contributed by atoms with Crippen LogP contribution in [0.4, 0.5) is 0 Å². The third kappa shape index (κ3) is 5.09. The maximum Gasteiger partial charge on any atom is 0.260 e. The number of ether oxygens (including phenoxy) is 1. The molecule has 0 aliphatic heterocycles. The number of aliphatic hydroxyl groups is 1. The number of aliphatic hydroxyl groups excluding tert-OH is 1. The lowest BCUT2D eigenvalue weighted by Gasteiger charge is -2.16. The smallest absolute Gasteiger partial charge is 0.260 e. The fraction of sp³-hybridized carbons (Fsp3) is 0.500. The summed E-state index contributed by atoms with van der Waals surface area (Å²) in [6.45, 7) is 6.26. The molecule has 0 aliphatic rings. The second kappa shape index (κ2) is 7.36. The predicted molar refractivity (Wildman–Crippen MR) is 75.3 cm³/mol. The molecule has 0 saturated carbocycles. The first kappa shape index (κ1) is 15.8. The van der Waals surface area contributed by atoms with Crippen LogP contribution in [0.5, 0.6) is 5.75 Å². The van der Waals surface area contributed by atoms with Crippen molar-refractivity contribution >= 4 is 17.5 Å². The lowest BCUT2D eigenvalue weighted by Crippen LogP contribution is -2.38. The summed E-state index contributed by atoms with van der Waals surface area (Å²) in [5.74, 6) is 0.658. The van der Waals surface area contributed by atoms with E-state index in [1.807, 2.05) is 13.8 Å². The van der Waals surface area contributed by atoms with Crippen LogP contribution in [0.1, 0.15) is 26.3 Å². The van der Waals surface area contributed by atoms with Crippen molar-refractivity contribution in [2.45, 2.75) is 33.5 Å². The molecule has 5 heteroatoms. The molecule has 106 valence electrons. The van der Waals surface area contributed by atoms with Crippen molar-refractivity contribution in [1.82, 2.24) is 5.32 Å². The third-order valence-electron chi connectivity index (χ3n) is 2.54. The van der Waals surface area contributed by atoms with Crippen LogP contribution >= 0.6 is 11.6 Å². The van der Waals surface area contributed by atoms with Gasteiger partial charge in [-0.05, 0) is 30.5 Å². The Balaban J connectivity index is 2.61. The van der Waals surface area contributed by atoms with Gasteiger partial charge in [-0.3, -0.25) is 4.79 Å². The molecule has 0 aromatic heterocycles. The monoisotopic (exact) mass is 285 g/mol. The fourth-order valence-corrected chi connectivity index (χ4v) is 1.68. The van der Waals surface area contributed by atoms with Gasteiger partial charge in [0.15, 0.2) is 6.10 Å². The van der Waals surface area contributed by atoms with Crippen molar-refractivity contribution in [3.05, 3.63) is 28.8 Å². The summed E-state index contributed by atoms with van der Waals surface area (Å²) in [6.07, 6.45) is -0.615. The molecule has 0 heterocycles. The van der Waals surface area contributed by atoms with Crippen molar-refractivity contribution < 1.29 is 14.6 Å². The Labute approximate surface area is 118 Å². The number of hydrogen-bond donors (Lipinski definition) is 2. The molecular formula is C14H20ClNO3. The zero-order valence-electron chi connectivity index (χ0n) is 11.4. The van der Waals surface area contributed by atoms with Gasteiger partial charge in [-0.1, -0.05) is 31.5 Å². The molecule has 1 atom stereocenters. The second-order valence-corrected chi connectivity index (χ2v) is 5.23. The molecular weight excluding hydrogens is 266 g/mol. The van der Waals surface area contributed by atoms with Crippen molar-refractivity contribution in [3.8, 4) is 5.75 Å². The molecule has 0 fully saturated rings. The first-order valence-corrected chi connectivity index (χ1v) is 6.65. The summed E-state index contributed by atoms with van der Waals surface area (Å²) < 4.78 is 5.51. The van der Waals surface area contributed by atoms with E-state index in [-0.39, 0.29) is 12.5 Å². The molecule has 1 aromatic carbocycles. The van der Waals surface area contributed by atoms with E-state index < -0.39 is 6.10 Å². The summed E-state index contributed by atoms with van der Waals surface area (Å²) >= 11 is 6.02. The maximum atomic E-state index is 11.8. The van der Waals surface area contributed by atoms with Crippen molar-refractivity contribution in [2.24, 2.45) is 5.92 Å². The summed E-state index contributed by atoms with van der Waals surface area (Å²) in [5, 5.41) is 12.2. The van der Waals surface area contributed by atoms with Gasteiger partial charge >= 0.3 is 0 Å². The first-order chi connectivity index (χ1) is 8.93. The molecule has 19 heavy (non-hydrogen) atoms. The third-order valence-corrected chi connectivity index (χ3v) is 2.83. The highest BCUT2D eigenvalue weighted by Crippen LogP contribution is 2.26. The number of nitrogens with one attached hydrogen (secondary N) is 1. The predicted octanol–water partition coefficient (Wildman–Crippen LogP) is 2.37. The number of amides is 1. The van der Waals surface area contributed by atoms with Gasteiger partial charge in [-0.25, -0.2) is 0 Å². The SMILES string of the molecule is CC(C)CNC(=O)C(C)Oc1ccc(CO)cc1Cl. The van der Waals surface area contributed by atoms with Crippen LogP contribution < -0.4 is 10.1 Å². The fourth-order valence-electron chi connectivity index (χ4n) is 1.43. The molecule has 0 radical (unpaired) electrons. The second-order valence-electron chi connectivity index (χ2n) is 4.82. The standard InChI is InChI=1S/C14H20ClNO3/c1-9(2)7-16-14(18)10(3)19-13-5-4-11(8-17)6-12(13)15/h4-6,9-10,17H,7-8H2,1-3H3,(H,16,18). The highest BCUT2D eigenvalue weighted by Gasteiger charge is 2.16. The number of benzene rings is 1. The number of halogens is 1. The minimum absolute atomic E-state index is 0.0789. The molecule has 0 spiro atoms. The molecule has 2 N–H and O–H groups in total. The van der Waals surface area contributed by atoms with Crippen LogP contribution in [0, 0.1) is 5.92 Å². The Morgan fingerprint density at radius 2 is 2.11 bits per heavy atom. The first-order valence-electron chi connectivity index (χ1n) is 6.27. The summed E-state index contributed by atoms with van der Waals surface area (Å²) in [7, 11) is 0. The Kier molecular flexibility index (Phi) is 6.12. The Hall–Kier alpha value is -1.26. The Morgan fingerprint density at radius 1 is 1.42 bits per heavy atom. The van der Waals surface area contributed by atoms with Crippen molar-refractivity contribution in [1.29, 1.82) is 0 Å². The van der Waals surface area contributed by atoms with E-state index in [1.54, 1.807) is 25.1 Å². The largest absolute Gasteiger partial charge is 0.479 e. The zero-order chi connectivity index (χ0) is 14.4. The summed E-state index contributed by atoms with van der Waals surface area (Å²) in [4.78, 5) is 11.8. The zero-order valence-corrected chi connectivity index (χ0v) is 12.2. The molecule has 4 nitrogen and oxygen atoms in total. The topological polar surface area (TPSA) is 58.6 Å². The van der Waals surface area contributed by atoms with E-state index in [9.17, 15) is 4.79 Å². The van der Waals surface area contributed by atoms with E-state index in [4.69, 9.17) is 21.4 Å².